The maximum Gasteiger partial charge on any atom is 0.139 e. The number of benzene rings is 1. The maximum atomic E-state index is 6.02. The molecule has 0 saturated heterocycles. The summed E-state index contributed by atoms with van der Waals surface area (Å²) in [6.07, 6.45) is 5.22. The first kappa shape index (κ1) is 14.6. The quantitative estimate of drug-likeness (QED) is 0.644. The van der Waals surface area contributed by atoms with Crippen LogP contribution in [0.1, 0.15) is 5.56 Å². The van der Waals surface area contributed by atoms with Gasteiger partial charge in [-0.05, 0) is 18.1 Å². The summed E-state index contributed by atoms with van der Waals surface area (Å²) in [6, 6.07) is 5.53. The normalized spacial score (nSPS) is 11.3. The Morgan fingerprint density at radius 1 is 1.40 bits per heavy atom. The molecule has 1 rings (SSSR count). The number of nitrogens with one attached hydrogen (secondary N) is 1. The SMILES string of the molecule is C#CC[NH+](C)Cc1ccc(Cl)cc1Cl.[Cl-]. The highest BCUT2D eigenvalue weighted by molar-refractivity contribution is 6.35. The van der Waals surface area contributed by atoms with Gasteiger partial charge in [0.15, 0.2) is 0 Å². The van der Waals surface area contributed by atoms with E-state index in [-0.39, 0.29) is 12.4 Å². The van der Waals surface area contributed by atoms with E-state index >= 15 is 0 Å². The van der Waals surface area contributed by atoms with Crippen LogP contribution in [0.5, 0.6) is 0 Å². The van der Waals surface area contributed by atoms with Crippen molar-refractivity contribution in [2.24, 2.45) is 0 Å². The molecule has 0 aliphatic heterocycles. The second-order valence-electron chi connectivity index (χ2n) is 3.25. The Kier molecular flexibility index (Phi) is 6.80. The number of rotatable bonds is 3. The molecule has 0 spiro atoms. The summed E-state index contributed by atoms with van der Waals surface area (Å²) in [6.45, 7) is 1.51. The van der Waals surface area contributed by atoms with Gasteiger partial charge in [-0.3, -0.25) is 0 Å². The smallest absolute Gasteiger partial charge is 0.139 e. The molecule has 0 heterocycles. The molecule has 0 saturated carbocycles. The highest BCUT2D eigenvalue weighted by Crippen LogP contribution is 2.19. The van der Waals surface area contributed by atoms with Crippen LogP contribution in [-0.4, -0.2) is 13.6 Å². The molecular weight excluding hydrogens is 252 g/mol. The Morgan fingerprint density at radius 3 is 2.60 bits per heavy atom. The molecular formula is C11H12Cl3N. The maximum absolute atomic E-state index is 6.02. The van der Waals surface area contributed by atoms with Crippen molar-refractivity contribution in [3.05, 3.63) is 33.8 Å². The van der Waals surface area contributed by atoms with Crippen molar-refractivity contribution >= 4 is 23.2 Å². The lowest BCUT2D eigenvalue weighted by Crippen LogP contribution is -3.07. The zero-order valence-electron chi connectivity index (χ0n) is 8.36. The minimum Gasteiger partial charge on any atom is -1.00 e. The van der Waals surface area contributed by atoms with Gasteiger partial charge in [-0.1, -0.05) is 29.3 Å². The first-order chi connectivity index (χ1) is 6.63. The van der Waals surface area contributed by atoms with Gasteiger partial charge in [-0.2, -0.15) is 0 Å². The van der Waals surface area contributed by atoms with Crippen molar-refractivity contribution < 1.29 is 17.3 Å². The summed E-state index contributed by atoms with van der Waals surface area (Å²) < 4.78 is 0. The molecule has 1 aromatic rings. The molecule has 0 amide bonds. The molecule has 82 valence electrons. The lowest BCUT2D eigenvalue weighted by atomic mass is 10.2. The predicted octanol–water partition coefficient (Wildman–Crippen LogP) is -1.35. The predicted molar refractivity (Wildman–Crippen MR) is 60.8 cm³/mol. The summed E-state index contributed by atoms with van der Waals surface area (Å²) in [5, 5.41) is 1.36. The Hall–Kier alpha value is -0.390. The van der Waals surface area contributed by atoms with E-state index in [4.69, 9.17) is 29.6 Å². The lowest BCUT2D eigenvalue weighted by molar-refractivity contribution is -0.886. The van der Waals surface area contributed by atoms with E-state index in [9.17, 15) is 0 Å². The number of terminal acetylenes is 1. The fourth-order valence-electron chi connectivity index (χ4n) is 1.23. The van der Waals surface area contributed by atoms with E-state index in [1.807, 2.05) is 19.2 Å². The molecule has 15 heavy (non-hydrogen) atoms. The molecule has 1 unspecified atom stereocenters. The van der Waals surface area contributed by atoms with Crippen LogP contribution in [-0.2, 0) is 6.54 Å². The van der Waals surface area contributed by atoms with E-state index in [2.05, 4.69) is 5.92 Å². The van der Waals surface area contributed by atoms with E-state index in [0.717, 1.165) is 12.1 Å². The summed E-state index contributed by atoms with van der Waals surface area (Å²) >= 11 is 11.8. The summed E-state index contributed by atoms with van der Waals surface area (Å²) in [7, 11) is 2.03. The third-order valence-electron chi connectivity index (χ3n) is 1.91. The van der Waals surface area contributed by atoms with Crippen molar-refractivity contribution in [1.82, 2.24) is 0 Å². The molecule has 1 atom stereocenters. The van der Waals surface area contributed by atoms with Gasteiger partial charge in [-0.15, -0.1) is 6.42 Å². The van der Waals surface area contributed by atoms with Crippen LogP contribution < -0.4 is 17.3 Å². The number of hydrogen-bond acceptors (Lipinski definition) is 0. The van der Waals surface area contributed by atoms with Gasteiger partial charge in [0.2, 0.25) is 0 Å². The zero-order valence-corrected chi connectivity index (χ0v) is 10.6. The van der Waals surface area contributed by atoms with Gasteiger partial charge in [0, 0.05) is 10.6 Å². The van der Waals surface area contributed by atoms with Crippen LogP contribution in [0, 0.1) is 12.3 Å². The molecule has 0 aromatic heterocycles. The van der Waals surface area contributed by atoms with E-state index in [1.165, 1.54) is 4.90 Å². The van der Waals surface area contributed by atoms with Crippen molar-refractivity contribution in [3.63, 3.8) is 0 Å². The zero-order chi connectivity index (χ0) is 10.6. The fraction of sp³-hybridized carbons (Fsp3) is 0.273. The minimum absolute atomic E-state index is 0. The molecule has 0 fully saturated rings. The average molecular weight is 265 g/mol. The number of quaternary nitrogens is 1. The average Bonchev–Trinajstić information content (AvgIpc) is 2.10. The Bertz CT molecular complexity index is 357. The minimum atomic E-state index is 0. The first-order valence-electron chi connectivity index (χ1n) is 4.32. The van der Waals surface area contributed by atoms with Crippen LogP contribution in [0.3, 0.4) is 0 Å². The molecule has 4 heteroatoms. The topological polar surface area (TPSA) is 4.44 Å². The van der Waals surface area contributed by atoms with Crippen LogP contribution in [0.25, 0.3) is 0 Å². The largest absolute Gasteiger partial charge is 1.00 e. The summed E-state index contributed by atoms with van der Waals surface area (Å²) in [5.41, 5.74) is 1.07. The monoisotopic (exact) mass is 263 g/mol. The highest BCUT2D eigenvalue weighted by atomic mass is 35.5. The van der Waals surface area contributed by atoms with Crippen molar-refractivity contribution in [1.29, 1.82) is 0 Å². The van der Waals surface area contributed by atoms with Gasteiger partial charge in [0.05, 0.1) is 12.1 Å². The van der Waals surface area contributed by atoms with E-state index in [1.54, 1.807) is 6.07 Å². The van der Waals surface area contributed by atoms with Gasteiger partial charge < -0.3 is 17.3 Å². The van der Waals surface area contributed by atoms with Gasteiger partial charge in [0.1, 0.15) is 13.1 Å². The van der Waals surface area contributed by atoms with Crippen molar-refractivity contribution in [3.8, 4) is 12.3 Å². The Balaban J connectivity index is 0.00000196. The lowest BCUT2D eigenvalue weighted by Gasteiger charge is -2.11. The summed E-state index contributed by atoms with van der Waals surface area (Å²) in [5.74, 6) is 2.61. The van der Waals surface area contributed by atoms with Gasteiger partial charge >= 0.3 is 0 Å². The fourth-order valence-corrected chi connectivity index (χ4v) is 1.70. The Labute approximate surface area is 107 Å². The molecule has 1 N–H and O–H groups in total. The van der Waals surface area contributed by atoms with Crippen LogP contribution >= 0.6 is 23.2 Å². The Morgan fingerprint density at radius 2 is 2.07 bits per heavy atom. The molecule has 0 radical (unpaired) electrons. The molecule has 1 nitrogen and oxygen atoms in total. The van der Waals surface area contributed by atoms with Crippen LogP contribution in [0.15, 0.2) is 18.2 Å². The number of halogens is 3. The van der Waals surface area contributed by atoms with Gasteiger partial charge in [0.25, 0.3) is 0 Å². The summed E-state index contributed by atoms with van der Waals surface area (Å²) in [4.78, 5) is 1.23. The van der Waals surface area contributed by atoms with Gasteiger partial charge in [-0.25, -0.2) is 0 Å². The third kappa shape index (κ3) is 4.77. The second-order valence-corrected chi connectivity index (χ2v) is 4.09. The standard InChI is InChI=1S/C11H11Cl2N.ClH/c1-3-6-14(2)8-9-4-5-10(12)7-11(9)13;/h1,4-5,7H,6,8H2,2H3;1H. The molecule has 0 aliphatic rings. The van der Waals surface area contributed by atoms with E-state index in [0.29, 0.717) is 16.6 Å². The third-order valence-corrected chi connectivity index (χ3v) is 2.50. The van der Waals surface area contributed by atoms with Crippen molar-refractivity contribution in [2.75, 3.05) is 13.6 Å². The molecule has 0 bridgehead atoms. The van der Waals surface area contributed by atoms with E-state index < -0.39 is 0 Å². The second kappa shape index (κ2) is 6.98. The molecule has 1 aromatic carbocycles. The number of hydrogen-bond donors (Lipinski definition) is 1. The highest BCUT2D eigenvalue weighted by Gasteiger charge is 2.06. The van der Waals surface area contributed by atoms with Crippen LogP contribution in [0.2, 0.25) is 10.0 Å². The first-order valence-corrected chi connectivity index (χ1v) is 5.07. The van der Waals surface area contributed by atoms with Crippen LogP contribution in [0.4, 0.5) is 0 Å². The molecule has 0 aliphatic carbocycles. The van der Waals surface area contributed by atoms with Crippen molar-refractivity contribution in [2.45, 2.75) is 6.54 Å².